The molecule has 0 saturated heterocycles. The van der Waals surface area contributed by atoms with Crippen LogP contribution in [0.5, 0.6) is 0 Å². The molecule has 320 valence electrons. The predicted octanol–water partition coefficient (Wildman–Crippen LogP) is -0.635. The van der Waals surface area contributed by atoms with E-state index in [9.17, 15) is 48.3 Å². The zero-order chi connectivity index (χ0) is 44.2. The molecule has 2 aromatic carbocycles. The topological polar surface area (TPSA) is 284 Å². The Morgan fingerprint density at radius 2 is 1.07 bits per heavy atom. The van der Waals surface area contributed by atoms with Crippen LogP contribution in [0.25, 0.3) is 0 Å². The van der Waals surface area contributed by atoms with Gasteiger partial charge >= 0.3 is 5.97 Å². The van der Waals surface area contributed by atoms with Crippen molar-refractivity contribution in [2.75, 3.05) is 6.54 Å². The van der Waals surface area contributed by atoms with Crippen LogP contribution in [0.3, 0.4) is 0 Å². The summed E-state index contributed by atoms with van der Waals surface area (Å²) in [7, 11) is 0. The number of primary amides is 1. The molecule has 0 unspecified atom stereocenters. The molecule has 0 bridgehead atoms. The third kappa shape index (κ3) is 18.0. The molecule has 0 fully saturated rings. The van der Waals surface area contributed by atoms with Gasteiger partial charge in [-0.15, -0.1) is 0 Å². The first kappa shape index (κ1) is 48.6. The molecule has 0 heterocycles. The highest BCUT2D eigenvalue weighted by Crippen LogP contribution is 2.09. The van der Waals surface area contributed by atoms with Gasteiger partial charge in [0.05, 0.1) is 6.54 Å². The molecule has 0 aromatic heterocycles. The largest absolute Gasteiger partial charge is 0.480 e. The van der Waals surface area contributed by atoms with Crippen LogP contribution in [0, 0.1) is 11.8 Å². The van der Waals surface area contributed by atoms with Crippen LogP contribution in [-0.2, 0) is 56.0 Å². The number of carboxylic acids is 1. The van der Waals surface area contributed by atoms with Crippen molar-refractivity contribution < 1.29 is 48.3 Å². The number of nitrogens with one attached hydrogen (secondary N) is 7. The van der Waals surface area contributed by atoms with E-state index in [1.54, 1.807) is 74.5 Å². The third-order valence-corrected chi connectivity index (χ3v) is 8.76. The second-order valence-electron chi connectivity index (χ2n) is 14.7. The summed E-state index contributed by atoms with van der Waals surface area (Å²) in [6.45, 7) is 9.24. The minimum atomic E-state index is -1.26. The lowest BCUT2D eigenvalue weighted by Gasteiger charge is -2.26. The van der Waals surface area contributed by atoms with E-state index in [1.807, 2.05) is 13.8 Å². The molecule has 0 aliphatic rings. The summed E-state index contributed by atoms with van der Waals surface area (Å²) in [5.74, 6) is -7.67. The van der Waals surface area contributed by atoms with Crippen molar-refractivity contribution in [2.24, 2.45) is 17.6 Å². The lowest BCUT2D eigenvalue weighted by Crippen LogP contribution is -2.58. The molecular formula is C41H56N8O10. The van der Waals surface area contributed by atoms with Crippen LogP contribution in [0.1, 0.15) is 59.1 Å². The molecule has 0 radical (unpaired) electrons. The second kappa shape index (κ2) is 24.2. The zero-order valence-corrected chi connectivity index (χ0v) is 34.1. The average molecular weight is 821 g/mol. The van der Waals surface area contributed by atoms with Crippen LogP contribution in [0.2, 0.25) is 0 Å². The van der Waals surface area contributed by atoms with E-state index in [1.165, 1.54) is 13.8 Å². The van der Waals surface area contributed by atoms with Crippen LogP contribution in [0.15, 0.2) is 72.8 Å². The van der Waals surface area contributed by atoms with E-state index in [-0.39, 0.29) is 31.1 Å². The summed E-state index contributed by atoms with van der Waals surface area (Å²) in [4.78, 5) is 114. The summed E-state index contributed by atoms with van der Waals surface area (Å²) in [5.41, 5.74) is 6.75. The molecule has 6 atom stereocenters. The Morgan fingerprint density at radius 3 is 1.56 bits per heavy atom. The first-order valence-corrected chi connectivity index (χ1v) is 19.1. The summed E-state index contributed by atoms with van der Waals surface area (Å²) in [5, 5.41) is 26.8. The van der Waals surface area contributed by atoms with Gasteiger partial charge < -0.3 is 48.1 Å². The number of carbonyl (C=O) groups excluding carboxylic acids is 8. The Balaban J connectivity index is 2.04. The molecule has 18 heteroatoms. The van der Waals surface area contributed by atoms with Crippen LogP contribution in [0.4, 0.5) is 0 Å². The van der Waals surface area contributed by atoms with Gasteiger partial charge in [0, 0.05) is 25.0 Å². The maximum Gasteiger partial charge on any atom is 0.326 e. The van der Waals surface area contributed by atoms with E-state index in [2.05, 4.69) is 37.2 Å². The Kier molecular flexibility index (Phi) is 20.0. The van der Waals surface area contributed by atoms with Gasteiger partial charge in [0.2, 0.25) is 47.3 Å². The predicted molar refractivity (Wildman–Crippen MR) is 216 cm³/mol. The van der Waals surface area contributed by atoms with Gasteiger partial charge in [-0.1, -0.05) is 88.4 Å². The van der Waals surface area contributed by atoms with Crippen molar-refractivity contribution in [3.8, 4) is 0 Å². The van der Waals surface area contributed by atoms with E-state index < -0.39 is 96.0 Å². The lowest BCUT2D eigenvalue weighted by atomic mass is 10.0. The van der Waals surface area contributed by atoms with E-state index in [0.717, 1.165) is 12.2 Å². The average Bonchev–Trinajstić information content (AvgIpc) is 3.17. The van der Waals surface area contributed by atoms with Crippen molar-refractivity contribution in [2.45, 2.75) is 97.1 Å². The first-order valence-electron chi connectivity index (χ1n) is 19.1. The highest BCUT2D eigenvalue weighted by molar-refractivity contribution is 6.01. The van der Waals surface area contributed by atoms with Crippen molar-refractivity contribution in [1.82, 2.24) is 37.2 Å². The molecular weight excluding hydrogens is 764 g/mol. The maximum absolute atomic E-state index is 13.7. The van der Waals surface area contributed by atoms with Crippen LogP contribution < -0.4 is 43.0 Å². The standard InChI is InChI=1S/C41H56N8O10/c1-23(2)19-29(39(56)45-26(6)38(55)49-35(24(3)4)36(42)53)48-40(57)30(20-27-13-9-7-10-14-27)46-33(51)18-17-32(50)44-25(5)37(54)43-22-34(52)47-31(41(58)59)21-28-15-11-8-12-16-28/h7-18,23-26,29-31,35H,19-22H2,1-6H3,(H2,42,53)(H,43,54)(H,44,50)(H,45,56)(H,46,51)(H,47,52)(H,48,57)(H,49,55)(H,58,59)/b18-17+/t25-,26-,29-,30-,31-,35-/m0/s1. The lowest BCUT2D eigenvalue weighted by molar-refractivity contribution is -0.141. The number of benzene rings is 2. The Morgan fingerprint density at radius 1 is 0.576 bits per heavy atom. The summed E-state index contributed by atoms with van der Waals surface area (Å²) in [6.07, 6.45) is 1.89. The molecule has 2 aromatic rings. The van der Waals surface area contributed by atoms with Crippen molar-refractivity contribution in [3.63, 3.8) is 0 Å². The highest BCUT2D eigenvalue weighted by Gasteiger charge is 2.31. The SMILES string of the molecule is CC(C)C[C@H](NC(=O)[C@H](Cc1ccccc1)NC(=O)/C=C/C(=O)N[C@@H](C)C(=O)NCC(=O)N[C@@H](Cc1ccccc1)C(=O)O)C(=O)N[C@@H](C)C(=O)N[C@H](C(N)=O)C(C)C. The number of nitrogens with two attached hydrogens (primary N) is 1. The number of amides is 8. The van der Waals surface area contributed by atoms with Gasteiger partial charge in [-0.3, -0.25) is 38.4 Å². The van der Waals surface area contributed by atoms with Gasteiger partial charge in [-0.05, 0) is 43.2 Å². The van der Waals surface area contributed by atoms with Gasteiger partial charge in [-0.25, -0.2) is 4.79 Å². The van der Waals surface area contributed by atoms with Gasteiger partial charge in [0.25, 0.3) is 0 Å². The third-order valence-electron chi connectivity index (χ3n) is 8.76. The fourth-order valence-electron chi connectivity index (χ4n) is 5.57. The zero-order valence-electron chi connectivity index (χ0n) is 34.1. The molecule has 0 saturated carbocycles. The van der Waals surface area contributed by atoms with Gasteiger partial charge in [0.1, 0.15) is 36.3 Å². The number of carboxylic acid groups (broad SMARTS) is 1. The number of hydrogen-bond acceptors (Lipinski definition) is 9. The van der Waals surface area contributed by atoms with Crippen LogP contribution >= 0.6 is 0 Å². The molecule has 0 aliphatic heterocycles. The maximum atomic E-state index is 13.7. The molecule has 8 amide bonds. The molecule has 0 spiro atoms. The van der Waals surface area contributed by atoms with Crippen molar-refractivity contribution in [3.05, 3.63) is 83.9 Å². The summed E-state index contributed by atoms with van der Waals surface area (Å²) < 4.78 is 0. The summed E-state index contributed by atoms with van der Waals surface area (Å²) >= 11 is 0. The fraction of sp³-hybridized carbons (Fsp3) is 0.439. The van der Waals surface area contributed by atoms with E-state index >= 15 is 0 Å². The monoisotopic (exact) mass is 820 g/mol. The number of carbonyl (C=O) groups is 9. The minimum Gasteiger partial charge on any atom is -0.480 e. The smallest absolute Gasteiger partial charge is 0.326 e. The molecule has 59 heavy (non-hydrogen) atoms. The quantitative estimate of drug-likeness (QED) is 0.0640. The van der Waals surface area contributed by atoms with Crippen molar-refractivity contribution in [1.29, 1.82) is 0 Å². The molecule has 0 aliphatic carbocycles. The second-order valence-corrected chi connectivity index (χ2v) is 14.7. The number of aliphatic carboxylic acids is 1. The van der Waals surface area contributed by atoms with Crippen molar-refractivity contribution >= 4 is 53.2 Å². The van der Waals surface area contributed by atoms with E-state index in [0.29, 0.717) is 11.1 Å². The van der Waals surface area contributed by atoms with Crippen LogP contribution in [-0.4, -0.2) is 101 Å². The first-order chi connectivity index (χ1) is 27.8. The number of rotatable bonds is 23. The molecule has 10 N–H and O–H groups in total. The summed E-state index contributed by atoms with van der Waals surface area (Å²) in [6, 6.07) is 10.5. The Labute approximate surface area is 343 Å². The molecule has 18 nitrogen and oxygen atoms in total. The fourth-order valence-corrected chi connectivity index (χ4v) is 5.57. The van der Waals surface area contributed by atoms with Gasteiger partial charge in [-0.2, -0.15) is 0 Å². The Bertz CT molecular complexity index is 1820. The van der Waals surface area contributed by atoms with E-state index in [4.69, 9.17) is 5.73 Å². The minimum absolute atomic E-state index is 0.00122. The normalized spacial score (nSPS) is 14.1. The Hall–Kier alpha value is -6.59. The van der Waals surface area contributed by atoms with Gasteiger partial charge in [0.15, 0.2) is 0 Å². The molecule has 2 rings (SSSR count). The number of hydrogen-bond donors (Lipinski definition) is 9. The highest BCUT2D eigenvalue weighted by atomic mass is 16.4.